The van der Waals surface area contributed by atoms with Gasteiger partial charge in [0.15, 0.2) is 0 Å². The molecule has 0 saturated carbocycles. The number of halogens is 1. The Labute approximate surface area is 167 Å². The Morgan fingerprint density at radius 2 is 1.81 bits per heavy atom. The Bertz CT molecular complexity index is 818. The average molecular weight is 432 g/mol. The number of ether oxygens (including phenoxy) is 1. The first-order valence-electron chi connectivity index (χ1n) is 8.80. The zero-order chi connectivity index (χ0) is 19.2. The van der Waals surface area contributed by atoms with Crippen molar-refractivity contribution in [3.8, 4) is 0 Å². The summed E-state index contributed by atoms with van der Waals surface area (Å²) in [6, 6.07) is 13.2. The van der Waals surface area contributed by atoms with Crippen LogP contribution in [0.5, 0.6) is 0 Å². The Morgan fingerprint density at radius 3 is 2.48 bits per heavy atom. The summed E-state index contributed by atoms with van der Waals surface area (Å²) >= 11 is 3.41. The fourth-order valence-electron chi connectivity index (χ4n) is 2.95. The summed E-state index contributed by atoms with van der Waals surface area (Å²) in [5.74, 6) is -0.288. The highest BCUT2D eigenvalue weighted by Crippen LogP contribution is 2.26. The first-order valence-corrected chi connectivity index (χ1v) is 9.59. The van der Waals surface area contributed by atoms with Crippen molar-refractivity contribution in [3.05, 3.63) is 58.1 Å². The van der Waals surface area contributed by atoms with E-state index in [2.05, 4.69) is 31.5 Å². The van der Waals surface area contributed by atoms with Gasteiger partial charge in [-0.05, 0) is 35.9 Å². The fourth-order valence-corrected chi connectivity index (χ4v) is 3.21. The summed E-state index contributed by atoms with van der Waals surface area (Å²) in [4.78, 5) is 26.3. The second-order valence-corrected chi connectivity index (χ2v) is 7.24. The van der Waals surface area contributed by atoms with E-state index in [-0.39, 0.29) is 11.8 Å². The van der Waals surface area contributed by atoms with Gasteiger partial charge in [-0.3, -0.25) is 9.59 Å². The Hall–Kier alpha value is -2.38. The van der Waals surface area contributed by atoms with E-state index in [1.54, 1.807) is 12.1 Å². The van der Waals surface area contributed by atoms with Gasteiger partial charge in [-0.25, -0.2) is 0 Å². The van der Waals surface area contributed by atoms with Gasteiger partial charge in [0, 0.05) is 36.7 Å². The van der Waals surface area contributed by atoms with Crippen molar-refractivity contribution < 1.29 is 14.3 Å². The molecule has 0 spiro atoms. The van der Waals surface area contributed by atoms with Crippen LogP contribution in [0.25, 0.3) is 0 Å². The van der Waals surface area contributed by atoms with Crippen LogP contribution in [0.1, 0.15) is 22.8 Å². The number of rotatable bonds is 5. The van der Waals surface area contributed by atoms with Gasteiger partial charge in [0.05, 0.1) is 24.5 Å². The number of hydrogen-bond donors (Lipinski definition) is 2. The molecule has 1 aliphatic heterocycles. The van der Waals surface area contributed by atoms with Crippen LogP contribution in [0.15, 0.2) is 46.9 Å². The largest absolute Gasteiger partial charge is 0.378 e. The first-order chi connectivity index (χ1) is 13.0. The highest BCUT2D eigenvalue weighted by atomic mass is 79.9. The molecule has 1 heterocycles. The summed E-state index contributed by atoms with van der Waals surface area (Å²) in [5, 5.41) is 5.76. The van der Waals surface area contributed by atoms with Crippen LogP contribution < -0.4 is 15.5 Å². The maximum absolute atomic E-state index is 12.8. The van der Waals surface area contributed by atoms with Gasteiger partial charge in [-0.1, -0.05) is 28.1 Å². The summed E-state index contributed by atoms with van der Waals surface area (Å²) in [7, 11) is 0. The van der Waals surface area contributed by atoms with Crippen LogP contribution in [0.2, 0.25) is 0 Å². The normalized spacial score (nSPS) is 13.9. The zero-order valence-corrected chi connectivity index (χ0v) is 16.7. The van der Waals surface area contributed by atoms with Gasteiger partial charge in [0.2, 0.25) is 5.91 Å². The number of nitrogens with zero attached hydrogens (tertiary/aromatic N) is 1. The summed E-state index contributed by atoms with van der Waals surface area (Å²) < 4.78 is 6.42. The molecule has 2 amide bonds. The van der Waals surface area contributed by atoms with Crippen LogP contribution in [-0.2, 0) is 16.1 Å². The number of benzene rings is 2. The van der Waals surface area contributed by atoms with E-state index >= 15 is 0 Å². The van der Waals surface area contributed by atoms with E-state index in [0.717, 1.165) is 15.7 Å². The van der Waals surface area contributed by atoms with E-state index in [9.17, 15) is 9.59 Å². The number of carbonyl (C=O) groups is 2. The SMILES string of the molecule is CC(=O)Nc1ccc(C(=O)NCc2ccc(Br)cc2)c(N2CCOCC2)c1. The second kappa shape index (κ2) is 9.01. The van der Waals surface area contributed by atoms with Crippen LogP contribution in [0, 0.1) is 0 Å². The van der Waals surface area contributed by atoms with E-state index in [4.69, 9.17) is 4.74 Å². The number of carbonyl (C=O) groups excluding carboxylic acids is 2. The molecule has 1 fully saturated rings. The van der Waals surface area contributed by atoms with Gasteiger partial charge >= 0.3 is 0 Å². The number of hydrogen-bond acceptors (Lipinski definition) is 4. The second-order valence-electron chi connectivity index (χ2n) is 6.32. The lowest BCUT2D eigenvalue weighted by molar-refractivity contribution is -0.114. The monoisotopic (exact) mass is 431 g/mol. The lowest BCUT2D eigenvalue weighted by Crippen LogP contribution is -2.38. The van der Waals surface area contributed by atoms with Crippen molar-refractivity contribution in [3.63, 3.8) is 0 Å². The van der Waals surface area contributed by atoms with Gasteiger partial charge in [0.25, 0.3) is 5.91 Å². The summed E-state index contributed by atoms with van der Waals surface area (Å²) in [6.45, 7) is 4.55. The lowest BCUT2D eigenvalue weighted by Gasteiger charge is -2.30. The molecular formula is C20H22BrN3O3. The fraction of sp³-hybridized carbons (Fsp3) is 0.300. The molecule has 0 atom stereocenters. The van der Waals surface area contributed by atoms with E-state index < -0.39 is 0 Å². The minimum absolute atomic E-state index is 0.143. The molecule has 0 bridgehead atoms. The molecule has 27 heavy (non-hydrogen) atoms. The highest BCUT2D eigenvalue weighted by molar-refractivity contribution is 9.10. The van der Waals surface area contributed by atoms with Gasteiger partial charge in [-0.2, -0.15) is 0 Å². The third kappa shape index (κ3) is 5.30. The Balaban J connectivity index is 1.80. The third-order valence-electron chi connectivity index (χ3n) is 4.28. The van der Waals surface area contributed by atoms with Crippen molar-refractivity contribution in [2.75, 3.05) is 36.5 Å². The minimum atomic E-state index is -0.145. The summed E-state index contributed by atoms with van der Waals surface area (Å²) in [6.07, 6.45) is 0. The first kappa shape index (κ1) is 19.4. The smallest absolute Gasteiger partial charge is 0.253 e. The molecule has 2 aromatic carbocycles. The number of amides is 2. The molecule has 142 valence electrons. The zero-order valence-electron chi connectivity index (χ0n) is 15.1. The standard InChI is InChI=1S/C20H22BrN3O3/c1-14(25)23-17-6-7-18(19(12-17)24-8-10-27-11-9-24)20(26)22-13-15-2-4-16(21)5-3-15/h2-7,12H,8-11,13H2,1H3,(H,22,26)(H,23,25). The number of morpholine rings is 1. The molecule has 3 rings (SSSR count). The molecule has 2 N–H and O–H groups in total. The molecule has 7 heteroatoms. The third-order valence-corrected chi connectivity index (χ3v) is 4.81. The van der Waals surface area contributed by atoms with E-state index in [1.165, 1.54) is 6.92 Å². The lowest BCUT2D eigenvalue weighted by atomic mass is 10.1. The van der Waals surface area contributed by atoms with Crippen molar-refractivity contribution in [1.82, 2.24) is 5.32 Å². The molecule has 1 saturated heterocycles. The average Bonchev–Trinajstić information content (AvgIpc) is 2.67. The number of nitrogens with one attached hydrogen (secondary N) is 2. The predicted molar refractivity (Wildman–Crippen MR) is 109 cm³/mol. The van der Waals surface area contributed by atoms with Crippen LogP contribution >= 0.6 is 15.9 Å². The predicted octanol–water partition coefficient (Wildman–Crippen LogP) is 3.17. The number of anilines is 2. The molecule has 0 aromatic heterocycles. The molecular weight excluding hydrogens is 410 g/mol. The van der Waals surface area contributed by atoms with E-state index in [0.29, 0.717) is 44.1 Å². The van der Waals surface area contributed by atoms with Crippen molar-refractivity contribution >= 4 is 39.1 Å². The van der Waals surface area contributed by atoms with Crippen molar-refractivity contribution in [1.29, 1.82) is 0 Å². The van der Waals surface area contributed by atoms with Gasteiger partial charge in [-0.15, -0.1) is 0 Å². The molecule has 0 aliphatic carbocycles. The Kier molecular flexibility index (Phi) is 6.47. The van der Waals surface area contributed by atoms with Crippen molar-refractivity contribution in [2.24, 2.45) is 0 Å². The van der Waals surface area contributed by atoms with Gasteiger partial charge < -0.3 is 20.3 Å². The molecule has 0 unspecified atom stereocenters. The minimum Gasteiger partial charge on any atom is -0.378 e. The molecule has 6 nitrogen and oxygen atoms in total. The quantitative estimate of drug-likeness (QED) is 0.762. The maximum atomic E-state index is 12.8. The van der Waals surface area contributed by atoms with E-state index in [1.807, 2.05) is 30.3 Å². The molecule has 2 aromatic rings. The summed E-state index contributed by atoms with van der Waals surface area (Å²) in [5.41, 5.74) is 3.09. The van der Waals surface area contributed by atoms with Crippen LogP contribution in [-0.4, -0.2) is 38.1 Å². The van der Waals surface area contributed by atoms with Crippen LogP contribution in [0.4, 0.5) is 11.4 Å². The van der Waals surface area contributed by atoms with Gasteiger partial charge in [0.1, 0.15) is 0 Å². The molecule has 1 aliphatic rings. The maximum Gasteiger partial charge on any atom is 0.253 e. The Morgan fingerprint density at radius 1 is 1.11 bits per heavy atom. The topological polar surface area (TPSA) is 70.7 Å². The van der Waals surface area contributed by atoms with Crippen molar-refractivity contribution in [2.45, 2.75) is 13.5 Å². The highest BCUT2D eigenvalue weighted by Gasteiger charge is 2.19. The van der Waals surface area contributed by atoms with Crippen LogP contribution in [0.3, 0.4) is 0 Å². The molecule has 0 radical (unpaired) electrons.